The van der Waals surface area contributed by atoms with Gasteiger partial charge in [0.25, 0.3) is 0 Å². The van der Waals surface area contributed by atoms with E-state index in [1.54, 1.807) is 7.11 Å². The molecule has 0 atom stereocenters. The van der Waals surface area contributed by atoms with Crippen LogP contribution in [0.5, 0.6) is 0 Å². The molecule has 0 amide bonds. The van der Waals surface area contributed by atoms with E-state index in [0.29, 0.717) is 0 Å². The van der Waals surface area contributed by atoms with Crippen LogP contribution in [-0.4, -0.2) is 28.6 Å². The lowest BCUT2D eigenvalue weighted by Gasteiger charge is -2.16. The van der Waals surface area contributed by atoms with E-state index in [4.69, 9.17) is 9.16 Å². The molecule has 0 saturated heterocycles. The number of methoxy groups -OCH3 is 1. The molecule has 0 fully saturated rings. The minimum atomic E-state index is -1.26. The van der Waals surface area contributed by atoms with E-state index in [1.807, 2.05) is 0 Å². The fraction of sp³-hybridized carbons (Fsp3) is 1.00. The third-order valence-corrected chi connectivity index (χ3v) is 3.10. The second-order valence-electron chi connectivity index (χ2n) is 4.72. The molecular formula is C11H26O2Si. The molecule has 0 bridgehead atoms. The third kappa shape index (κ3) is 12.1. The van der Waals surface area contributed by atoms with Crippen LogP contribution in [0.1, 0.15) is 32.1 Å². The molecular weight excluding hydrogens is 192 g/mol. The van der Waals surface area contributed by atoms with Crippen molar-refractivity contribution in [1.29, 1.82) is 0 Å². The van der Waals surface area contributed by atoms with Gasteiger partial charge in [-0.25, -0.2) is 0 Å². The van der Waals surface area contributed by atoms with Crippen LogP contribution in [-0.2, 0) is 9.16 Å². The zero-order valence-corrected chi connectivity index (χ0v) is 11.3. The van der Waals surface area contributed by atoms with E-state index in [-0.39, 0.29) is 0 Å². The Morgan fingerprint density at radius 2 is 1.29 bits per heavy atom. The van der Waals surface area contributed by atoms with Crippen LogP contribution in [0.25, 0.3) is 0 Å². The Kier molecular flexibility index (Phi) is 8.53. The molecule has 0 aliphatic carbocycles. The van der Waals surface area contributed by atoms with Gasteiger partial charge in [-0.3, -0.25) is 0 Å². The summed E-state index contributed by atoms with van der Waals surface area (Å²) in [4.78, 5) is 0. The summed E-state index contributed by atoms with van der Waals surface area (Å²) in [6.45, 7) is 8.59. The number of unbranched alkanes of at least 4 members (excludes halogenated alkanes) is 4. The maximum atomic E-state index is 5.77. The minimum absolute atomic E-state index is 0.908. The van der Waals surface area contributed by atoms with Gasteiger partial charge in [-0.1, -0.05) is 19.3 Å². The third-order valence-electron chi connectivity index (χ3n) is 2.03. The van der Waals surface area contributed by atoms with Gasteiger partial charge < -0.3 is 9.16 Å². The Bertz CT molecular complexity index is 121. The van der Waals surface area contributed by atoms with Crippen molar-refractivity contribution in [2.75, 3.05) is 20.3 Å². The quantitative estimate of drug-likeness (QED) is 0.436. The molecule has 0 rings (SSSR count). The molecule has 0 heterocycles. The van der Waals surface area contributed by atoms with Crippen molar-refractivity contribution >= 4 is 8.32 Å². The summed E-state index contributed by atoms with van der Waals surface area (Å²) >= 11 is 0. The minimum Gasteiger partial charge on any atom is -0.418 e. The van der Waals surface area contributed by atoms with E-state index in [1.165, 1.54) is 32.1 Å². The smallest absolute Gasteiger partial charge is 0.183 e. The first-order valence-electron chi connectivity index (χ1n) is 5.69. The first-order valence-corrected chi connectivity index (χ1v) is 9.10. The average molecular weight is 218 g/mol. The summed E-state index contributed by atoms with van der Waals surface area (Å²) in [7, 11) is 0.507. The van der Waals surface area contributed by atoms with Crippen LogP contribution in [0.15, 0.2) is 0 Å². The number of ether oxygens (including phenoxy) is 1. The molecule has 0 aliphatic heterocycles. The van der Waals surface area contributed by atoms with Crippen LogP contribution in [0.4, 0.5) is 0 Å². The van der Waals surface area contributed by atoms with Crippen LogP contribution < -0.4 is 0 Å². The van der Waals surface area contributed by atoms with Gasteiger partial charge >= 0.3 is 0 Å². The second kappa shape index (κ2) is 8.45. The van der Waals surface area contributed by atoms with E-state index in [2.05, 4.69) is 19.6 Å². The number of rotatable bonds is 9. The zero-order valence-electron chi connectivity index (χ0n) is 10.3. The Hall–Kier alpha value is 0.137. The van der Waals surface area contributed by atoms with Crippen LogP contribution in [0.3, 0.4) is 0 Å². The molecule has 2 nitrogen and oxygen atoms in total. The van der Waals surface area contributed by atoms with Gasteiger partial charge in [-0.2, -0.15) is 0 Å². The van der Waals surface area contributed by atoms with E-state index >= 15 is 0 Å². The van der Waals surface area contributed by atoms with Crippen LogP contribution in [0, 0.1) is 0 Å². The van der Waals surface area contributed by atoms with Gasteiger partial charge in [0.1, 0.15) is 0 Å². The molecule has 0 aromatic rings. The fourth-order valence-corrected chi connectivity index (χ4v) is 2.01. The van der Waals surface area contributed by atoms with Gasteiger partial charge in [0.2, 0.25) is 0 Å². The molecule has 0 aromatic heterocycles. The molecule has 0 radical (unpaired) electrons. The average Bonchev–Trinajstić information content (AvgIpc) is 2.08. The Labute approximate surface area is 90.1 Å². The monoisotopic (exact) mass is 218 g/mol. The summed E-state index contributed by atoms with van der Waals surface area (Å²) in [5.74, 6) is 0. The van der Waals surface area contributed by atoms with E-state index in [0.717, 1.165) is 13.2 Å². The predicted molar refractivity (Wildman–Crippen MR) is 64.3 cm³/mol. The van der Waals surface area contributed by atoms with Crippen molar-refractivity contribution in [1.82, 2.24) is 0 Å². The highest BCUT2D eigenvalue weighted by Gasteiger charge is 2.12. The highest BCUT2D eigenvalue weighted by Crippen LogP contribution is 2.07. The van der Waals surface area contributed by atoms with Crippen molar-refractivity contribution < 1.29 is 9.16 Å². The fourth-order valence-electron chi connectivity index (χ4n) is 1.26. The van der Waals surface area contributed by atoms with Crippen molar-refractivity contribution in [3.8, 4) is 0 Å². The standard InChI is InChI=1S/C11H26O2Si/c1-12-10-8-6-5-7-9-11-13-14(2,3)4/h5-11H2,1-4H3. The van der Waals surface area contributed by atoms with Crippen molar-refractivity contribution in [3.63, 3.8) is 0 Å². The van der Waals surface area contributed by atoms with Gasteiger partial charge in [-0.05, 0) is 32.5 Å². The van der Waals surface area contributed by atoms with Crippen LogP contribution >= 0.6 is 0 Å². The molecule has 0 aliphatic rings. The first kappa shape index (κ1) is 14.1. The summed E-state index contributed by atoms with van der Waals surface area (Å²) in [5, 5.41) is 0. The Morgan fingerprint density at radius 3 is 1.79 bits per heavy atom. The zero-order chi connectivity index (χ0) is 10.9. The molecule has 0 unspecified atom stereocenters. The second-order valence-corrected chi connectivity index (χ2v) is 9.23. The lowest BCUT2D eigenvalue weighted by atomic mass is 10.1. The Balaban J connectivity index is 2.99. The highest BCUT2D eigenvalue weighted by atomic mass is 28.4. The van der Waals surface area contributed by atoms with E-state index in [9.17, 15) is 0 Å². The van der Waals surface area contributed by atoms with E-state index < -0.39 is 8.32 Å². The predicted octanol–water partition coefficient (Wildman–Crippen LogP) is 3.43. The molecule has 0 N–H and O–H groups in total. The SMILES string of the molecule is COCCCCCCCO[Si](C)(C)C. The van der Waals surface area contributed by atoms with Crippen molar-refractivity contribution in [3.05, 3.63) is 0 Å². The molecule has 0 spiro atoms. The lowest BCUT2D eigenvalue weighted by molar-refractivity contribution is 0.191. The molecule has 3 heteroatoms. The van der Waals surface area contributed by atoms with Gasteiger partial charge in [0.05, 0.1) is 0 Å². The topological polar surface area (TPSA) is 18.5 Å². The van der Waals surface area contributed by atoms with Gasteiger partial charge in [0.15, 0.2) is 8.32 Å². The maximum Gasteiger partial charge on any atom is 0.183 e. The summed E-state index contributed by atoms with van der Waals surface area (Å²) in [6.07, 6.45) is 6.33. The van der Waals surface area contributed by atoms with Crippen LogP contribution in [0.2, 0.25) is 19.6 Å². The van der Waals surface area contributed by atoms with Crippen molar-refractivity contribution in [2.45, 2.75) is 51.7 Å². The van der Waals surface area contributed by atoms with Crippen molar-refractivity contribution in [2.24, 2.45) is 0 Å². The largest absolute Gasteiger partial charge is 0.418 e. The lowest BCUT2D eigenvalue weighted by Crippen LogP contribution is -2.25. The van der Waals surface area contributed by atoms with Gasteiger partial charge in [-0.15, -0.1) is 0 Å². The molecule has 14 heavy (non-hydrogen) atoms. The summed E-state index contributed by atoms with van der Waals surface area (Å²) < 4.78 is 10.8. The first-order chi connectivity index (χ1) is 6.56. The molecule has 0 aromatic carbocycles. The Morgan fingerprint density at radius 1 is 0.786 bits per heavy atom. The summed E-state index contributed by atoms with van der Waals surface area (Å²) in [6, 6.07) is 0. The maximum absolute atomic E-state index is 5.77. The molecule has 86 valence electrons. The summed E-state index contributed by atoms with van der Waals surface area (Å²) in [5.41, 5.74) is 0. The highest BCUT2D eigenvalue weighted by molar-refractivity contribution is 6.69. The van der Waals surface area contributed by atoms with Gasteiger partial charge in [0, 0.05) is 20.3 Å². The number of hydrogen-bond acceptors (Lipinski definition) is 2. The number of hydrogen-bond donors (Lipinski definition) is 0. The molecule has 0 saturated carbocycles. The normalized spacial score (nSPS) is 12.0.